The van der Waals surface area contributed by atoms with Gasteiger partial charge < -0.3 is 4.90 Å². The summed E-state index contributed by atoms with van der Waals surface area (Å²) in [7, 11) is 4.18. The summed E-state index contributed by atoms with van der Waals surface area (Å²) in [5, 5.41) is 0.806. The van der Waals surface area contributed by atoms with E-state index < -0.39 is 0 Å². The number of hydrogen-bond acceptors (Lipinski definition) is 2. The molecule has 0 N–H and O–H groups in total. The Morgan fingerprint density at radius 1 is 1.09 bits per heavy atom. The standard InChI is InChI=1S/C19H25ClN2/c1-22(2)12-6-11-21-19-14-17(13-18(20)15-19)10-9-16-7-4-3-5-8-16/h3-5,7-8,13,15H,6,9-12,14H2,1-2H3. The minimum Gasteiger partial charge on any atom is -0.309 e. The minimum atomic E-state index is 0.806. The number of hydrogen-bond donors (Lipinski definition) is 0. The monoisotopic (exact) mass is 316 g/mol. The van der Waals surface area contributed by atoms with E-state index in [1.165, 1.54) is 11.1 Å². The van der Waals surface area contributed by atoms with Crippen molar-refractivity contribution in [2.45, 2.75) is 25.7 Å². The third-order valence-corrected chi connectivity index (χ3v) is 3.93. The van der Waals surface area contributed by atoms with Crippen LogP contribution in [0, 0.1) is 0 Å². The second kappa shape index (κ2) is 8.92. The van der Waals surface area contributed by atoms with Crippen LogP contribution in [0.4, 0.5) is 0 Å². The first-order valence-electron chi connectivity index (χ1n) is 7.92. The van der Waals surface area contributed by atoms with E-state index in [1.807, 2.05) is 6.08 Å². The van der Waals surface area contributed by atoms with Crippen molar-refractivity contribution in [2.24, 2.45) is 4.99 Å². The average Bonchev–Trinajstić information content (AvgIpc) is 2.50. The Labute approximate surface area is 139 Å². The van der Waals surface area contributed by atoms with Crippen LogP contribution in [0.1, 0.15) is 24.8 Å². The minimum absolute atomic E-state index is 0.806. The molecule has 0 aliphatic heterocycles. The lowest BCUT2D eigenvalue weighted by Crippen LogP contribution is -2.14. The van der Waals surface area contributed by atoms with Gasteiger partial charge in [0.15, 0.2) is 0 Å². The molecule has 0 spiro atoms. The van der Waals surface area contributed by atoms with Crippen LogP contribution >= 0.6 is 11.6 Å². The molecule has 2 rings (SSSR count). The van der Waals surface area contributed by atoms with Gasteiger partial charge in [-0.3, -0.25) is 4.99 Å². The van der Waals surface area contributed by atoms with Crippen LogP contribution < -0.4 is 0 Å². The van der Waals surface area contributed by atoms with Crippen LogP contribution in [0.5, 0.6) is 0 Å². The fourth-order valence-electron chi connectivity index (χ4n) is 2.55. The van der Waals surface area contributed by atoms with Crippen LogP contribution in [0.3, 0.4) is 0 Å². The quantitative estimate of drug-likeness (QED) is 0.678. The third kappa shape index (κ3) is 6.17. The number of rotatable bonds is 7. The maximum absolute atomic E-state index is 6.25. The summed E-state index contributed by atoms with van der Waals surface area (Å²) in [6.45, 7) is 1.95. The second-order valence-corrected chi connectivity index (χ2v) is 6.46. The van der Waals surface area contributed by atoms with Crippen molar-refractivity contribution in [3.8, 4) is 0 Å². The molecule has 0 amide bonds. The maximum Gasteiger partial charge on any atom is 0.0423 e. The Balaban J connectivity index is 1.85. The molecule has 118 valence electrons. The molecule has 0 bridgehead atoms. The molecular weight excluding hydrogens is 292 g/mol. The van der Waals surface area contributed by atoms with Crippen molar-refractivity contribution in [3.05, 3.63) is 58.7 Å². The van der Waals surface area contributed by atoms with Gasteiger partial charge in [-0.1, -0.05) is 47.5 Å². The zero-order chi connectivity index (χ0) is 15.8. The van der Waals surface area contributed by atoms with Crippen molar-refractivity contribution in [3.63, 3.8) is 0 Å². The van der Waals surface area contributed by atoms with E-state index in [2.05, 4.69) is 55.4 Å². The van der Waals surface area contributed by atoms with Gasteiger partial charge in [0.25, 0.3) is 0 Å². The predicted molar refractivity (Wildman–Crippen MR) is 96.9 cm³/mol. The highest BCUT2D eigenvalue weighted by atomic mass is 35.5. The van der Waals surface area contributed by atoms with Crippen LogP contribution in [-0.2, 0) is 6.42 Å². The SMILES string of the molecule is CN(C)CCCN=C1C=C(Cl)C=C(CCc2ccccc2)C1. The van der Waals surface area contributed by atoms with Crippen LogP contribution in [0.25, 0.3) is 0 Å². The fraction of sp³-hybridized carbons (Fsp3) is 0.421. The molecule has 1 aromatic carbocycles. The first-order chi connectivity index (χ1) is 10.6. The molecule has 22 heavy (non-hydrogen) atoms. The van der Waals surface area contributed by atoms with E-state index in [4.69, 9.17) is 16.6 Å². The first kappa shape index (κ1) is 17.0. The molecule has 1 aliphatic rings. The lowest BCUT2D eigenvalue weighted by Gasteiger charge is -2.14. The number of aliphatic imine (C=N–C) groups is 1. The van der Waals surface area contributed by atoms with Gasteiger partial charge in [0, 0.05) is 23.7 Å². The highest BCUT2D eigenvalue weighted by Crippen LogP contribution is 2.22. The Bertz CT molecular complexity index is 556. The van der Waals surface area contributed by atoms with E-state index in [9.17, 15) is 0 Å². The zero-order valence-corrected chi connectivity index (χ0v) is 14.3. The largest absolute Gasteiger partial charge is 0.309 e. The fourth-order valence-corrected chi connectivity index (χ4v) is 2.83. The van der Waals surface area contributed by atoms with Crippen molar-refractivity contribution in [2.75, 3.05) is 27.2 Å². The molecule has 0 radical (unpaired) electrons. The number of allylic oxidation sites excluding steroid dienone is 4. The van der Waals surface area contributed by atoms with E-state index >= 15 is 0 Å². The molecule has 0 aromatic heterocycles. The molecule has 0 saturated heterocycles. The Morgan fingerprint density at radius 3 is 2.59 bits per heavy atom. The summed E-state index contributed by atoms with van der Waals surface area (Å²) in [6.07, 6.45) is 8.23. The van der Waals surface area contributed by atoms with Gasteiger partial charge in [-0.2, -0.15) is 0 Å². The number of aryl methyl sites for hydroxylation is 1. The summed E-state index contributed by atoms with van der Waals surface area (Å²) in [5.41, 5.74) is 3.87. The highest BCUT2D eigenvalue weighted by Gasteiger charge is 2.09. The topological polar surface area (TPSA) is 15.6 Å². The molecule has 1 aromatic rings. The smallest absolute Gasteiger partial charge is 0.0423 e. The van der Waals surface area contributed by atoms with E-state index in [0.29, 0.717) is 0 Å². The highest BCUT2D eigenvalue weighted by molar-refractivity contribution is 6.33. The molecule has 0 fully saturated rings. The van der Waals surface area contributed by atoms with Gasteiger partial charge in [0.2, 0.25) is 0 Å². The van der Waals surface area contributed by atoms with Crippen LogP contribution in [0.15, 0.2) is 58.1 Å². The van der Waals surface area contributed by atoms with Crippen LogP contribution in [-0.4, -0.2) is 37.8 Å². The summed E-state index contributed by atoms with van der Waals surface area (Å²) < 4.78 is 0. The number of nitrogens with zero attached hydrogens (tertiary/aromatic N) is 2. The summed E-state index contributed by atoms with van der Waals surface area (Å²) in [6, 6.07) is 10.6. The normalized spacial score (nSPS) is 16.8. The van der Waals surface area contributed by atoms with Gasteiger partial charge >= 0.3 is 0 Å². The average molecular weight is 317 g/mol. The van der Waals surface area contributed by atoms with Gasteiger partial charge in [-0.05, 0) is 57.6 Å². The van der Waals surface area contributed by atoms with Gasteiger partial charge in [0.1, 0.15) is 0 Å². The molecule has 1 aliphatic carbocycles. The lowest BCUT2D eigenvalue weighted by atomic mass is 9.96. The zero-order valence-electron chi connectivity index (χ0n) is 13.6. The first-order valence-corrected chi connectivity index (χ1v) is 8.30. The predicted octanol–water partition coefficient (Wildman–Crippen LogP) is 4.46. The number of halogens is 1. The Kier molecular flexibility index (Phi) is 6.88. The van der Waals surface area contributed by atoms with Crippen molar-refractivity contribution in [1.29, 1.82) is 0 Å². The van der Waals surface area contributed by atoms with E-state index in [1.54, 1.807) is 0 Å². The maximum atomic E-state index is 6.25. The Morgan fingerprint density at radius 2 is 1.86 bits per heavy atom. The molecule has 0 unspecified atom stereocenters. The molecular formula is C19H25ClN2. The van der Waals surface area contributed by atoms with Crippen LogP contribution in [0.2, 0.25) is 0 Å². The molecule has 3 heteroatoms. The summed E-state index contributed by atoms with van der Waals surface area (Å²) >= 11 is 6.25. The Hall–Kier alpha value is -1.38. The van der Waals surface area contributed by atoms with Crippen molar-refractivity contribution < 1.29 is 0 Å². The summed E-state index contributed by atoms with van der Waals surface area (Å²) in [5.74, 6) is 0. The van der Waals surface area contributed by atoms with Crippen molar-refractivity contribution in [1.82, 2.24) is 4.90 Å². The van der Waals surface area contributed by atoms with Gasteiger partial charge in [-0.15, -0.1) is 0 Å². The third-order valence-electron chi connectivity index (χ3n) is 3.71. The lowest BCUT2D eigenvalue weighted by molar-refractivity contribution is 0.403. The van der Waals surface area contributed by atoms with Crippen molar-refractivity contribution >= 4 is 17.3 Å². The molecule has 0 atom stereocenters. The number of benzene rings is 1. The summed E-state index contributed by atoms with van der Waals surface area (Å²) in [4.78, 5) is 6.89. The second-order valence-electron chi connectivity index (χ2n) is 6.02. The van der Waals surface area contributed by atoms with Gasteiger partial charge in [-0.25, -0.2) is 0 Å². The molecule has 0 saturated carbocycles. The molecule has 2 nitrogen and oxygen atoms in total. The van der Waals surface area contributed by atoms with E-state index in [-0.39, 0.29) is 0 Å². The van der Waals surface area contributed by atoms with Gasteiger partial charge in [0.05, 0.1) is 0 Å². The van der Waals surface area contributed by atoms with E-state index in [0.717, 1.165) is 49.5 Å². The molecule has 0 heterocycles.